The fourth-order valence-corrected chi connectivity index (χ4v) is 1.87. The zero-order chi connectivity index (χ0) is 16.2. The second kappa shape index (κ2) is 7.14. The Balaban J connectivity index is 0.000000212. The van der Waals surface area contributed by atoms with Gasteiger partial charge in [-0.15, -0.1) is 0 Å². The first-order chi connectivity index (χ1) is 9.75. The first-order valence-corrected chi connectivity index (χ1v) is 6.09. The number of carboxylic acid groups (broad SMARTS) is 2. The molecule has 1 aliphatic carbocycles. The van der Waals surface area contributed by atoms with Crippen molar-refractivity contribution in [3.63, 3.8) is 0 Å². The van der Waals surface area contributed by atoms with Gasteiger partial charge in [-0.2, -0.15) is 0 Å². The SMILES string of the molecule is N[C@@H]1c2ccccc2C[C@@H]1O.O=C(O)[C@H](O)[C@@H](O)C(=O)O. The molecular formula is C13H17NO7. The molecule has 0 aromatic heterocycles. The van der Waals surface area contributed by atoms with Crippen LogP contribution in [0.3, 0.4) is 0 Å². The predicted octanol–water partition coefficient (Wildman–Crippen LogP) is -1.52. The lowest BCUT2D eigenvalue weighted by atomic mass is 10.1. The Hall–Kier alpha value is -2.00. The average Bonchev–Trinajstić information content (AvgIpc) is 2.73. The van der Waals surface area contributed by atoms with Gasteiger partial charge in [-0.3, -0.25) is 0 Å². The van der Waals surface area contributed by atoms with Gasteiger partial charge in [0.2, 0.25) is 0 Å². The molecule has 0 aliphatic heterocycles. The lowest BCUT2D eigenvalue weighted by Gasteiger charge is -2.07. The number of aliphatic hydroxyl groups is 3. The second-order valence-electron chi connectivity index (χ2n) is 4.56. The van der Waals surface area contributed by atoms with Crippen LogP contribution >= 0.6 is 0 Å². The molecule has 21 heavy (non-hydrogen) atoms. The molecule has 0 heterocycles. The lowest BCUT2D eigenvalue weighted by molar-refractivity contribution is -0.165. The van der Waals surface area contributed by atoms with Crippen LogP contribution in [0.5, 0.6) is 0 Å². The van der Waals surface area contributed by atoms with E-state index in [0.717, 1.165) is 5.56 Å². The molecule has 1 aromatic rings. The summed E-state index contributed by atoms with van der Waals surface area (Å²) < 4.78 is 0. The third-order valence-electron chi connectivity index (χ3n) is 3.06. The topological polar surface area (TPSA) is 161 Å². The van der Waals surface area contributed by atoms with Gasteiger partial charge in [-0.25, -0.2) is 9.59 Å². The Morgan fingerprint density at radius 2 is 1.57 bits per heavy atom. The summed E-state index contributed by atoms with van der Waals surface area (Å²) in [4.78, 5) is 19.5. The van der Waals surface area contributed by atoms with Gasteiger partial charge in [0.1, 0.15) is 0 Å². The quantitative estimate of drug-likeness (QED) is 0.392. The number of carbonyl (C=O) groups is 2. The van der Waals surface area contributed by atoms with Crippen LogP contribution in [0.25, 0.3) is 0 Å². The Morgan fingerprint density at radius 3 is 2.00 bits per heavy atom. The van der Waals surface area contributed by atoms with E-state index < -0.39 is 24.1 Å². The van der Waals surface area contributed by atoms with Gasteiger partial charge < -0.3 is 31.3 Å². The van der Waals surface area contributed by atoms with E-state index in [9.17, 15) is 14.7 Å². The van der Waals surface area contributed by atoms with Gasteiger partial charge in [0.15, 0.2) is 12.2 Å². The number of hydrogen-bond donors (Lipinski definition) is 6. The number of rotatable bonds is 3. The summed E-state index contributed by atoms with van der Waals surface area (Å²) in [7, 11) is 0. The Labute approximate surface area is 120 Å². The van der Waals surface area contributed by atoms with Crippen molar-refractivity contribution in [1.29, 1.82) is 0 Å². The molecular weight excluding hydrogens is 282 g/mol. The van der Waals surface area contributed by atoms with Crippen molar-refractivity contribution in [3.05, 3.63) is 35.4 Å². The molecule has 1 aromatic carbocycles. The van der Waals surface area contributed by atoms with E-state index in [1.165, 1.54) is 5.56 Å². The molecule has 8 nitrogen and oxygen atoms in total. The minimum absolute atomic E-state index is 0.175. The Morgan fingerprint density at radius 1 is 1.10 bits per heavy atom. The maximum absolute atomic E-state index is 9.77. The molecule has 0 saturated carbocycles. The molecule has 0 saturated heterocycles. The highest BCUT2D eigenvalue weighted by molar-refractivity contribution is 5.83. The van der Waals surface area contributed by atoms with E-state index in [1.54, 1.807) is 0 Å². The van der Waals surface area contributed by atoms with Gasteiger partial charge in [0, 0.05) is 6.42 Å². The van der Waals surface area contributed by atoms with Crippen LogP contribution in [-0.4, -0.2) is 55.8 Å². The van der Waals surface area contributed by atoms with Crippen molar-refractivity contribution in [3.8, 4) is 0 Å². The highest BCUT2D eigenvalue weighted by atomic mass is 16.4. The summed E-state index contributed by atoms with van der Waals surface area (Å²) in [6, 6.07) is 7.76. The minimum atomic E-state index is -2.27. The Bertz CT molecular complexity index is 501. The highest BCUT2D eigenvalue weighted by Crippen LogP contribution is 2.28. The van der Waals surface area contributed by atoms with Gasteiger partial charge in [-0.1, -0.05) is 24.3 Å². The molecule has 116 valence electrons. The molecule has 8 heteroatoms. The summed E-state index contributed by atoms with van der Waals surface area (Å²) >= 11 is 0. The van der Waals surface area contributed by atoms with Crippen LogP contribution in [0.4, 0.5) is 0 Å². The molecule has 0 unspecified atom stereocenters. The fraction of sp³-hybridized carbons (Fsp3) is 0.385. The first-order valence-electron chi connectivity index (χ1n) is 6.09. The molecule has 7 N–H and O–H groups in total. The largest absolute Gasteiger partial charge is 0.479 e. The monoisotopic (exact) mass is 299 g/mol. The van der Waals surface area contributed by atoms with Gasteiger partial charge >= 0.3 is 11.9 Å². The molecule has 0 spiro atoms. The van der Waals surface area contributed by atoms with Gasteiger partial charge in [0.25, 0.3) is 0 Å². The van der Waals surface area contributed by atoms with Gasteiger partial charge in [-0.05, 0) is 11.1 Å². The molecule has 0 amide bonds. The maximum Gasteiger partial charge on any atom is 0.335 e. The third-order valence-corrected chi connectivity index (χ3v) is 3.06. The molecule has 0 fully saturated rings. The van der Waals surface area contributed by atoms with Crippen LogP contribution in [0, 0.1) is 0 Å². The summed E-state index contributed by atoms with van der Waals surface area (Å²) in [5.41, 5.74) is 8.02. The second-order valence-corrected chi connectivity index (χ2v) is 4.56. The number of hydrogen-bond acceptors (Lipinski definition) is 6. The van der Waals surface area contributed by atoms with Crippen molar-refractivity contribution < 1.29 is 35.1 Å². The molecule has 2 rings (SSSR count). The summed E-state index contributed by atoms with van der Waals surface area (Å²) in [5.74, 6) is -3.54. The normalized spacial score (nSPS) is 22.5. The lowest BCUT2D eigenvalue weighted by Crippen LogP contribution is -2.39. The zero-order valence-electron chi connectivity index (χ0n) is 11.0. The van der Waals surface area contributed by atoms with E-state index in [0.29, 0.717) is 6.42 Å². The van der Waals surface area contributed by atoms with Crippen molar-refractivity contribution in [2.24, 2.45) is 5.73 Å². The van der Waals surface area contributed by atoms with E-state index >= 15 is 0 Å². The van der Waals surface area contributed by atoms with Crippen LogP contribution < -0.4 is 5.73 Å². The van der Waals surface area contributed by atoms with Crippen molar-refractivity contribution >= 4 is 11.9 Å². The standard InChI is InChI=1S/C9H11NO.C4H6O6/c10-9-7-4-2-1-3-6(7)5-8(9)11;5-1(3(7)8)2(6)4(9)10/h1-4,8-9,11H,5,10H2;1-2,5-6H,(H,7,8)(H,9,10)/t8-,9+;1-,2-/m01/s1. The van der Waals surface area contributed by atoms with E-state index in [1.807, 2.05) is 24.3 Å². The molecule has 0 bridgehead atoms. The van der Waals surface area contributed by atoms with Crippen LogP contribution in [0.2, 0.25) is 0 Å². The number of benzene rings is 1. The zero-order valence-corrected chi connectivity index (χ0v) is 11.0. The van der Waals surface area contributed by atoms with E-state index in [2.05, 4.69) is 0 Å². The average molecular weight is 299 g/mol. The molecule has 0 radical (unpaired) electrons. The summed E-state index contributed by atoms with van der Waals surface area (Å²) in [5, 5.41) is 41.9. The van der Waals surface area contributed by atoms with Crippen molar-refractivity contribution in [2.45, 2.75) is 30.8 Å². The summed E-state index contributed by atoms with van der Waals surface area (Å²) in [6.07, 6.45) is -4.21. The number of aliphatic hydroxyl groups excluding tert-OH is 3. The van der Waals surface area contributed by atoms with Gasteiger partial charge in [0.05, 0.1) is 12.1 Å². The minimum Gasteiger partial charge on any atom is -0.479 e. The number of fused-ring (bicyclic) bond motifs is 1. The Kier molecular flexibility index (Phi) is 5.79. The number of carboxylic acids is 2. The number of aliphatic carboxylic acids is 2. The van der Waals surface area contributed by atoms with Crippen molar-refractivity contribution in [2.75, 3.05) is 0 Å². The predicted molar refractivity (Wildman–Crippen MR) is 70.4 cm³/mol. The van der Waals surface area contributed by atoms with Crippen LogP contribution in [-0.2, 0) is 16.0 Å². The van der Waals surface area contributed by atoms with E-state index in [-0.39, 0.29) is 12.1 Å². The number of nitrogens with two attached hydrogens (primary N) is 1. The van der Waals surface area contributed by atoms with Crippen LogP contribution in [0.15, 0.2) is 24.3 Å². The third kappa shape index (κ3) is 4.23. The van der Waals surface area contributed by atoms with E-state index in [4.69, 9.17) is 26.2 Å². The van der Waals surface area contributed by atoms with Crippen molar-refractivity contribution in [1.82, 2.24) is 0 Å². The highest BCUT2D eigenvalue weighted by Gasteiger charge is 2.29. The fourth-order valence-electron chi connectivity index (χ4n) is 1.87. The maximum atomic E-state index is 9.77. The van der Waals surface area contributed by atoms with Crippen LogP contribution in [0.1, 0.15) is 17.2 Å². The first kappa shape index (κ1) is 17.1. The molecule has 4 atom stereocenters. The summed E-state index contributed by atoms with van der Waals surface area (Å²) in [6.45, 7) is 0. The molecule has 1 aliphatic rings. The smallest absolute Gasteiger partial charge is 0.335 e.